The van der Waals surface area contributed by atoms with Crippen LogP contribution in [0.3, 0.4) is 0 Å². The van der Waals surface area contributed by atoms with Crippen molar-refractivity contribution in [1.29, 1.82) is 0 Å². The Bertz CT molecular complexity index is 1180. The largest absolute Gasteiger partial charge is 0.447 e. The summed E-state index contributed by atoms with van der Waals surface area (Å²) < 4.78 is 37.6. The van der Waals surface area contributed by atoms with E-state index in [1.807, 2.05) is 30.3 Å². The van der Waals surface area contributed by atoms with Gasteiger partial charge >= 0.3 is 5.69 Å². The molecule has 2 aromatic carbocycles. The van der Waals surface area contributed by atoms with Crippen LogP contribution in [0.2, 0.25) is 0 Å². The maximum Gasteiger partial charge on any atom is 0.312 e. The van der Waals surface area contributed by atoms with E-state index in [1.165, 1.54) is 28.8 Å². The zero-order valence-corrected chi connectivity index (χ0v) is 17.1. The molecule has 10 nitrogen and oxygen atoms in total. The fourth-order valence-corrected chi connectivity index (χ4v) is 4.48. The third kappa shape index (κ3) is 4.53. The van der Waals surface area contributed by atoms with Crippen LogP contribution in [0, 0.1) is 10.1 Å². The molecule has 1 saturated heterocycles. The first kappa shape index (κ1) is 20.8. The van der Waals surface area contributed by atoms with Crippen LogP contribution in [0.1, 0.15) is 0 Å². The minimum Gasteiger partial charge on any atom is -0.447 e. The van der Waals surface area contributed by atoms with Crippen molar-refractivity contribution in [2.24, 2.45) is 0 Å². The number of rotatable bonds is 6. The molecule has 0 bridgehead atoms. The molecule has 0 amide bonds. The van der Waals surface area contributed by atoms with Gasteiger partial charge in [0.25, 0.3) is 0 Å². The predicted molar refractivity (Wildman–Crippen MR) is 110 cm³/mol. The van der Waals surface area contributed by atoms with E-state index < -0.39 is 20.6 Å². The van der Waals surface area contributed by atoms with Crippen LogP contribution in [-0.4, -0.2) is 53.9 Å². The molecule has 0 radical (unpaired) electrons. The lowest BCUT2D eigenvalue weighted by Crippen LogP contribution is -2.40. The number of hydrogen-bond donors (Lipinski definition) is 0. The van der Waals surface area contributed by atoms with Gasteiger partial charge in [0.2, 0.25) is 15.8 Å². The van der Waals surface area contributed by atoms with Gasteiger partial charge in [0, 0.05) is 24.7 Å². The second-order valence-electron chi connectivity index (χ2n) is 6.61. The molecular formula is C20H18N4O6S. The van der Waals surface area contributed by atoms with Crippen molar-refractivity contribution in [3.63, 3.8) is 0 Å². The topological polar surface area (TPSA) is 125 Å². The number of aromatic nitrogens is 2. The lowest BCUT2D eigenvalue weighted by Gasteiger charge is -2.26. The highest BCUT2D eigenvalue weighted by atomic mass is 32.2. The van der Waals surface area contributed by atoms with Crippen molar-refractivity contribution in [2.75, 3.05) is 26.3 Å². The van der Waals surface area contributed by atoms with Crippen LogP contribution in [0.15, 0.2) is 65.8 Å². The molecule has 0 N–H and O–H groups in total. The Morgan fingerprint density at radius 1 is 1.03 bits per heavy atom. The number of morpholine rings is 1. The molecule has 1 aromatic heterocycles. The standard InChI is InChI=1S/C20H18N4O6S/c25-24(26)18-12-17(31(27,28)23-8-10-29-11-9-23)6-7-19(18)30-16-13-21-20(22-14-16)15-4-2-1-3-5-15/h1-7,12-14H,8-11H2. The van der Waals surface area contributed by atoms with Crippen molar-refractivity contribution < 1.29 is 22.8 Å². The normalized spacial score (nSPS) is 14.8. The van der Waals surface area contributed by atoms with Gasteiger partial charge in [-0.2, -0.15) is 4.31 Å². The predicted octanol–water partition coefficient (Wildman–Crippen LogP) is 2.87. The molecule has 0 unspecified atom stereocenters. The van der Waals surface area contributed by atoms with E-state index in [2.05, 4.69) is 9.97 Å². The third-order valence-corrected chi connectivity index (χ3v) is 6.52. The molecule has 0 atom stereocenters. The first-order chi connectivity index (χ1) is 14.9. The van der Waals surface area contributed by atoms with E-state index in [9.17, 15) is 18.5 Å². The Hall–Kier alpha value is -3.41. The second-order valence-corrected chi connectivity index (χ2v) is 8.55. The van der Waals surface area contributed by atoms with Gasteiger partial charge in [0.05, 0.1) is 35.4 Å². The Morgan fingerprint density at radius 2 is 1.71 bits per heavy atom. The summed E-state index contributed by atoms with van der Waals surface area (Å²) in [5.74, 6) is 0.558. The Morgan fingerprint density at radius 3 is 2.35 bits per heavy atom. The third-order valence-electron chi connectivity index (χ3n) is 4.62. The fraction of sp³-hybridized carbons (Fsp3) is 0.200. The molecule has 160 valence electrons. The molecule has 0 spiro atoms. The van der Waals surface area contributed by atoms with E-state index in [0.717, 1.165) is 11.6 Å². The van der Waals surface area contributed by atoms with Crippen molar-refractivity contribution in [2.45, 2.75) is 4.90 Å². The van der Waals surface area contributed by atoms with Crippen LogP contribution < -0.4 is 4.74 Å². The fourth-order valence-electron chi connectivity index (χ4n) is 3.05. The Labute approximate surface area is 178 Å². The minimum absolute atomic E-state index is 0.109. The maximum atomic E-state index is 12.8. The highest BCUT2D eigenvalue weighted by molar-refractivity contribution is 7.89. The zero-order chi connectivity index (χ0) is 21.8. The average molecular weight is 442 g/mol. The minimum atomic E-state index is -3.88. The quantitative estimate of drug-likeness (QED) is 0.421. The van der Waals surface area contributed by atoms with Gasteiger partial charge in [-0.25, -0.2) is 18.4 Å². The summed E-state index contributed by atoms with van der Waals surface area (Å²) in [4.78, 5) is 19.1. The zero-order valence-electron chi connectivity index (χ0n) is 16.2. The summed E-state index contributed by atoms with van der Waals surface area (Å²) in [5.41, 5.74) is 0.346. The van der Waals surface area contributed by atoms with Gasteiger partial charge < -0.3 is 9.47 Å². The van der Waals surface area contributed by atoms with Crippen LogP contribution >= 0.6 is 0 Å². The van der Waals surface area contributed by atoms with Gasteiger partial charge in [-0.3, -0.25) is 10.1 Å². The molecule has 1 aliphatic rings. The monoisotopic (exact) mass is 442 g/mol. The van der Waals surface area contributed by atoms with E-state index >= 15 is 0 Å². The molecule has 3 aromatic rings. The van der Waals surface area contributed by atoms with Crippen LogP contribution in [0.25, 0.3) is 11.4 Å². The number of hydrogen-bond acceptors (Lipinski definition) is 8. The summed E-state index contributed by atoms with van der Waals surface area (Å²) in [6, 6.07) is 12.9. The smallest absolute Gasteiger partial charge is 0.312 e. The van der Waals surface area contributed by atoms with Gasteiger partial charge in [-0.1, -0.05) is 30.3 Å². The van der Waals surface area contributed by atoms with Crippen LogP contribution in [0.4, 0.5) is 5.69 Å². The number of ether oxygens (including phenoxy) is 2. The average Bonchev–Trinajstić information content (AvgIpc) is 2.81. The first-order valence-electron chi connectivity index (χ1n) is 9.37. The number of nitro benzene ring substituents is 1. The van der Waals surface area contributed by atoms with Crippen LogP contribution in [0.5, 0.6) is 11.5 Å². The number of nitro groups is 1. The summed E-state index contributed by atoms with van der Waals surface area (Å²) in [7, 11) is -3.88. The summed E-state index contributed by atoms with van der Waals surface area (Å²) in [6.45, 7) is 0.946. The summed E-state index contributed by atoms with van der Waals surface area (Å²) >= 11 is 0. The van der Waals surface area contributed by atoms with E-state index in [4.69, 9.17) is 9.47 Å². The van der Waals surface area contributed by atoms with Gasteiger partial charge in [-0.15, -0.1) is 0 Å². The summed E-state index contributed by atoms with van der Waals surface area (Å²) in [6.07, 6.45) is 2.80. The molecule has 1 aliphatic heterocycles. The molecule has 31 heavy (non-hydrogen) atoms. The molecule has 1 fully saturated rings. The van der Waals surface area contributed by atoms with Gasteiger partial charge in [-0.05, 0) is 12.1 Å². The molecule has 11 heteroatoms. The lowest BCUT2D eigenvalue weighted by atomic mass is 10.2. The SMILES string of the molecule is O=[N+]([O-])c1cc(S(=O)(=O)N2CCOCC2)ccc1Oc1cnc(-c2ccccc2)nc1. The van der Waals surface area contributed by atoms with Crippen LogP contribution in [-0.2, 0) is 14.8 Å². The lowest BCUT2D eigenvalue weighted by molar-refractivity contribution is -0.385. The van der Waals surface area contributed by atoms with E-state index in [1.54, 1.807) is 0 Å². The van der Waals surface area contributed by atoms with Crippen molar-refractivity contribution in [3.05, 3.63) is 71.0 Å². The molecule has 2 heterocycles. The molecular weight excluding hydrogens is 424 g/mol. The second kappa shape index (κ2) is 8.76. The molecule has 0 saturated carbocycles. The Balaban J connectivity index is 1.59. The van der Waals surface area contributed by atoms with Crippen molar-refractivity contribution >= 4 is 15.7 Å². The highest BCUT2D eigenvalue weighted by Gasteiger charge is 2.29. The van der Waals surface area contributed by atoms with Gasteiger partial charge in [0.1, 0.15) is 0 Å². The Kier molecular flexibility index (Phi) is 5.89. The van der Waals surface area contributed by atoms with Gasteiger partial charge in [0.15, 0.2) is 11.6 Å². The molecule has 4 rings (SSSR count). The number of benzene rings is 2. The highest BCUT2D eigenvalue weighted by Crippen LogP contribution is 2.34. The number of sulfonamides is 1. The van der Waals surface area contributed by atoms with Crippen molar-refractivity contribution in [1.82, 2.24) is 14.3 Å². The summed E-state index contributed by atoms with van der Waals surface area (Å²) in [5, 5.41) is 11.6. The van der Waals surface area contributed by atoms with E-state index in [0.29, 0.717) is 5.82 Å². The van der Waals surface area contributed by atoms with E-state index in [-0.39, 0.29) is 42.7 Å². The number of nitrogens with zero attached hydrogens (tertiary/aromatic N) is 4. The first-order valence-corrected chi connectivity index (χ1v) is 10.8. The van der Waals surface area contributed by atoms with Crippen molar-refractivity contribution in [3.8, 4) is 22.9 Å². The molecule has 0 aliphatic carbocycles. The maximum absolute atomic E-state index is 12.8.